The van der Waals surface area contributed by atoms with Crippen LogP contribution in [-0.2, 0) is 0 Å². The second-order valence-corrected chi connectivity index (χ2v) is 1.33. The van der Waals surface area contributed by atoms with Crippen LogP contribution in [0.3, 0.4) is 0 Å². The molecule has 0 aliphatic heterocycles. The number of hydrogen-bond acceptors (Lipinski definition) is 2. The number of nitrogens with zero attached hydrogens (tertiary/aromatic N) is 1. The minimum Gasteiger partial charge on any atom is -0.395 e. The first-order valence-electron chi connectivity index (χ1n) is 1.88. The lowest BCUT2D eigenvalue weighted by molar-refractivity contribution is 0.284. The van der Waals surface area contributed by atoms with E-state index in [1.54, 1.807) is 11.4 Å². The van der Waals surface area contributed by atoms with E-state index in [1.807, 2.05) is 14.1 Å². The third kappa shape index (κ3) is 3.92. The fourth-order valence-corrected chi connectivity index (χ4v) is 0.163. The molecule has 0 heterocycles. The lowest BCUT2D eigenvalue weighted by Crippen LogP contribution is -2.09. The van der Waals surface area contributed by atoms with Crippen LogP contribution in [0.1, 0.15) is 0 Å². The molecule has 0 rings (SSSR count). The Balaban J connectivity index is 2.63. The van der Waals surface area contributed by atoms with Gasteiger partial charge in [-0.1, -0.05) is 0 Å². The SMILES string of the molecule is CN(C)[CH]CO. The summed E-state index contributed by atoms with van der Waals surface area (Å²) in [5.74, 6) is 0. The fourth-order valence-electron chi connectivity index (χ4n) is 0.163. The Morgan fingerprint density at radius 2 is 2.17 bits per heavy atom. The van der Waals surface area contributed by atoms with Crippen LogP contribution in [0.15, 0.2) is 0 Å². The van der Waals surface area contributed by atoms with Crippen molar-refractivity contribution in [2.24, 2.45) is 0 Å². The number of rotatable bonds is 2. The lowest BCUT2D eigenvalue weighted by atomic mass is 10.6. The molecular formula is C4H10NO. The highest BCUT2D eigenvalue weighted by Crippen LogP contribution is 1.74. The van der Waals surface area contributed by atoms with Crippen LogP contribution in [-0.4, -0.2) is 30.7 Å². The molecule has 0 atom stereocenters. The summed E-state index contributed by atoms with van der Waals surface area (Å²) in [5, 5.41) is 8.14. The molecule has 1 radical (unpaired) electrons. The van der Waals surface area contributed by atoms with Crippen molar-refractivity contribution in [3.05, 3.63) is 6.54 Å². The summed E-state index contributed by atoms with van der Waals surface area (Å²) in [6.45, 7) is 1.81. The maximum absolute atomic E-state index is 8.14. The van der Waals surface area contributed by atoms with Gasteiger partial charge in [-0.2, -0.15) is 0 Å². The Hall–Kier alpha value is -0.0800. The van der Waals surface area contributed by atoms with E-state index in [9.17, 15) is 0 Å². The summed E-state index contributed by atoms with van der Waals surface area (Å²) in [5.41, 5.74) is 0. The first-order valence-corrected chi connectivity index (χ1v) is 1.88. The summed E-state index contributed by atoms with van der Waals surface area (Å²) < 4.78 is 0. The predicted molar refractivity (Wildman–Crippen MR) is 25.1 cm³/mol. The molecule has 6 heavy (non-hydrogen) atoms. The van der Waals surface area contributed by atoms with Gasteiger partial charge in [-0.15, -0.1) is 0 Å². The van der Waals surface area contributed by atoms with Crippen molar-refractivity contribution in [3.63, 3.8) is 0 Å². The van der Waals surface area contributed by atoms with Gasteiger partial charge in [-0.25, -0.2) is 0 Å². The van der Waals surface area contributed by atoms with E-state index in [0.29, 0.717) is 0 Å². The van der Waals surface area contributed by atoms with E-state index >= 15 is 0 Å². The molecule has 2 nitrogen and oxygen atoms in total. The maximum Gasteiger partial charge on any atom is 0.0602 e. The van der Waals surface area contributed by atoms with Crippen molar-refractivity contribution in [2.45, 2.75) is 0 Å². The van der Waals surface area contributed by atoms with E-state index < -0.39 is 0 Å². The van der Waals surface area contributed by atoms with Crippen LogP contribution in [0.25, 0.3) is 0 Å². The van der Waals surface area contributed by atoms with Crippen molar-refractivity contribution in [3.8, 4) is 0 Å². The maximum atomic E-state index is 8.14. The molecule has 0 spiro atoms. The zero-order valence-electron chi connectivity index (χ0n) is 4.18. The average Bonchev–Trinajstić information content (AvgIpc) is 1.35. The van der Waals surface area contributed by atoms with Gasteiger partial charge in [0.05, 0.1) is 6.61 Å². The van der Waals surface area contributed by atoms with E-state index in [-0.39, 0.29) is 6.61 Å². The highest BCUT2D eigenvalue weighted by molar-refractivity contribution is 4.54. The summed E-state index contributed by atoms with van der Waals surface area (Å²) in [7, 11) is 3.74. The van der Waals surface area contributed by atoms with Gasteiger partial charge in [0.2, 0.25) is 0 Å². The van der Waals surface area contributed by atoms with E-state index in [0.717, 1.165) is 0 Å². The average molecular weight is 88.1 g/mol. The molecule has 1 N–H and O–H groups in total. The molecular weight excluding hydrogens is 78.0 g/mol. The molecule has 0 aliphatic rings. The minimum atomic E-state index is 0.132. The first-order chi connectivity index (χ1) is 2.77. The molecule has 0 saturated heterocycles. The van der Waals surface area contributed by atoms with Gasteiger partial charge in [0, 0.05) is 6.54 Å². The number of aliphatic hydroxyl groups excluding tert-OH is 1. The number of likely N-dealkylation sites (N-methyl/N-ethyl adjacent to an activating group) is 1. The molecule has 0 aliphatic carbocycles. The molecule has 2 heteroatoms. The van der Waals surface area contributed by atoms with Crippen LogP contribution >= 0.6 is 0 Å². The molecule has 0 saturated carbocycles. The molecule has 0 fully saturated rings. The topological polar surface area (TPSA) is 23.5 Å². The van der Waals surface area contributed by atoms with Crippen LogP contribution in [0.5, 0.6) is 0 Å². The van der Waals surface area contributed by atoms with Gasteiger partial charge >= 0.3 is 0 Å². The molecule has 0 aromatic carbocycles. The van der Waals surface area contributed by atoms with Crippen LogP contribution < -0.4 is 0 Å². The smallest absolute Gasteiger partial charge is 0.0602 e. The molecule has 0 bridgehead atoms. The van der Waals surface area contributed by atoms with Gasteiger partial charge < -0.3 is 10.0 Å². The monoisotopic (exact) mass is 88.1 g/mol. The third-order valence-electron chi connectivity index (χ3n) is 0.447. The second kappa shape index (κ2) is 3.12. The predicted octanol–water partition coefficient (Wildman–Crippen LogP) is -0.298. The largest absolute Gasteiger partial charge is 0.395 e. The van der Waals surface area contributed by atoms with Crippen molar-refractivity contribution in [2.75, 3.05) is 20.7 Å². The van der Waals surface area contributed by atoms with E-state index in [2.05, 4.69) is 0 Å². The van der Waals surface area contributed by atoms with Gasteiger partial charge in [-0.3, -0.25) is 0 Å². The second-order valence-electron chi connectivity index (χ2n) is 1.33. The Labute approximate surface area is 38.4 Å². The van der Waals surface area contributed by atoms with Gasteiger partial charge in [0.1, 0.15) is 0 Å². The molecule has 0 aromatic rings. The molecule has 37 valence electrons. The summed E-state index contributed by atoms with van der Waals surface area (Å²) in [6.07, 6.45) is 0. The van der Waals surface area contributed by atoms with E-state index in [4.69, 9.17) is 5.11 Å². The fraction of sp³-hybridized carbons (Fsp3) is 0.750. The van der Waals surface area contributed by atoms with Crippen LogP contribution in [0.4, 0.5) is 0 Å². The Bertz CT molecular complexity index is 28.7. The summed E-state index contributed by atoms with van der Waals surface area (Å²) >= 11 is 0. The third-order valence-corrected chi connectivity index (χ3v) is 0.447. The van der Waals surface area contributed by atoms with Crippen LogP contribution in [0.2, 0.25) is 0 Å². The zero-order chi connectivity index (χ0) is 4.99. The molecule has 0 amide bonds. The number of aliphatic hydroxyl groups is 1. The number of hydrogen-bond donors (Lipinski definition) is 1. The Morgan fingerprint density at radius 1 is 1.67 bits per heavy atom. The van der Waals surface area contributed by atoms with Gasteiger partial charge in [0.15, 0.2) is 0 Å². The van der Waals surface area contributed by atoms with Crippen molar-refractivity contribution < 1.29 is 5.11 Å². The lowest BCUT2D eigenvalue weighted by Gasteiger charge is -2.02. The minimum absolute atomic E-state index is 0.132. The standard InChI is InChI=1S/C4H10NO/c1-5(2)3-4-6/h3,6H,4H2,1-2H3. The quantitative estimate of drug-likeness (QED) is 0.501. The Morgan fingerprint density at radius 3 is 2.17 bits per heavy atom. The highest BCUT2D eigenvalue weighted by Gasteiger charge is 1.81. The Kier molecular flexibility index (Phi) is 3.08. The molecule has 0 aromatic heterocycles. The molecule has 0 unspecified atom stereocenters. The van der Waals surface area contributed by atoms with Crippen LogP contribution in [0, 0.1) is 6.54 Å². The van der Waals surface area contributed by atoms with Crippen molar-refractivity contribution in [1.29, 1.82) is 0 Å². The van der Waals surface area contributed by atoms with E-state index in [1.165, 1.54) is 0 Å². The van der Waals surface area contributed by atoms with Crippen molar-refractivity contribution in [1.82, 2.24) is 4.90 Å². The van der Waals surface area contributed by atoms with Gasteiger partial charge in [-0.05, 0) is 14.1 Å². The first kappa shape index (κ1) is 5.92. The normalized spacial score (nSPS) is 10.0. The van der Waals surface area contributed by atoms with Crippen molar-refractivity contribution >= 4 is 0 Å². The van der Waals surface area contributed by atoms with Gasteiger partial charge in [0.25, 0.3) is 0 Å². The summed E-state index contributed by atoms with van der Waals surface area (Å²) in [6, 6.07) is 0. The highest BCUT2D eigenvalue weighted by atomic mass is 16.3. The summed E-state index contributed by atoms with van der Waals surface area (Å²) in [4.78, 5) is 1.81. The zero-order valence-corrected chi connectivity index (χ0v) is 4.18.